The minimum Gasteiger partial charge on any atom is -0.466 e. The van der Waals surface area contributed by atoms with E-state index in [1.807, 2.05) is 0 Å². The molecule has 0 aliphatic carbocycles. The Labute approximate surface area is 202 Å². The van der Waals surface area contributed by atoms with Crippen molar-refractivity contribution >= 4 is 35.0 Å². The lowest BCUT2D eigenvalue weighted by Gasteiger charge is -2.24. The highest BCUT2D eigenvalue weighted by atomic mass is 32.1. The van der Waals surface area contributed by atoms with Gasteiger partial charge in [0, 0.05) is 6.07 Å². The summed E-state index contributed by atoms with van der Waals surface area (Å²) in [4.78, 5) is 53.8. The molecule has 0 saturated heterocycles. The van der Waals surface area contributed by atoms with Gasteiger partial charge in [0.2, 0.25) is 0 Å². The Morgan fingerprint density at radius 3 is 2.37 bits per heavy atom. The van der Waals surface area contributed by atoms with Crippen LogP contribution < -0.4 is 14.9 Å². The summed E-state index contributed by atoms with van der Waals surface area (Å²) in [7, 11) is 2.51. The smallest absolute Gasteiger partial charge is 0.338 e. The van der Waals surface area contributed by atoms with Gasteiger partial charge in [0.1, 0.15) is 0 Å². The van der Waals surface area contributed by atoms with Crippen LogP contribution in [0.5, 0.6) is 0 Å². The number of fused-ring (bicyclic) bond motifs is 1. The molecule has 178 valence electrons. The van der Waals surface area contributed by atoms with E-state index in [1.54, 1.807) is 37.3 Å². The second kappa shape index (κ2) is 9.47. The molecule has 3 aromatic rings. The number of nitro groups is 1. The van der Waals surface area contributed by atoms with Gasteiger partial charge in [-0.2, -0.15) is 0 Å². The van der Waals surface area contributed by atoms with Crippen LogP contribution in [-0.2, 0) is 14.3 Å². The Morgan fingerprint density at radius 1 is 1.09 bits per heavy atom. The summed E-state index contributed by atoms with van der Waals surface area (Å²) in [5, 5.41) is 11.4. The van der Waals surface area contributed by atoms with E-state index in [1.165, 1.54) is 43.1 Å². The van der Waals surface area contributed by atoms with Gasteiger partial charge in [-0.1, -0.05) is 35.6 Å². The molecule has 0 radical (unpaired) electrons. The van der Waals surface area contributed by atoms with Crippen molar-refractivity contribution < 1.29 is 24.0 Å². The molecule has 0 fully saturated rings. The van der Waals surface area contributed by atoms with Crippen LogP contribution in [-0.4, -0.2) is 35.6 Å². The average molecular weight is 493 g/mol. The van der Waals surface area contributed by atoms with Crippen molar-refractivity contribution in [2.45, 2.75) is 13.0 Å². The number of hydrogen-bond acceptors (Lipinski definition) is 9. The minimum absolute atomic E-state index is 0.139. The molecule has 0 spiro atoms. The molecule has 11 heteroatoms. The number of aromatic nitrogens is 1. The normalized spacial score (nSPS) is 15.3. The van der Waals surface area contributed by atoms with Crippen LogP contribution in [0.25, 0.3) is 6.08 Å². The number of allylic oxidation sites excluding steroid dienone is 1. The largest absolute Gasteiger partial charge is 0.466 e. The van der Waals surface area contributed by atoms with E-state index >= 15 is 0 Å². The zero-order chi connectivity index (χ0) is 25.3. The molecular formula is C24H19N3O7S. The Bertz CT molecular complexity index is 1570. The van der Waals surface area contributed by atoms with Crippen LogP contribution in [0.3, 0.4) is 0 Å². The minimum atomic E-state index is -0.877. The van der Waals surface area contributed by atoms with E-state index in [0.717, 1.165) is 11.3 Å². The SMILES string of the molecule is COC(=O)C1=C(C)N=c2s/c(=C/c3ccccc3[N+](=O)[O-])c(=O)n2[C@@H]1c1ccc(C(=O)OC)cc1. The fourth-order valence-electron chi connectivity index (χ4n) is 3.84. The van der Waals surface area contributed by atoms with Crippen molar-refractivity contribution in [1.29, 1.82) is 0 Å². The predicted molar refractivity (Wildman–Crippen MR) is 127 cm³/mol. The Balaban J connectivity index is 1.95. The summed E-state index contributed by atoms with van der Waals surface area (Å²) in [5.74, 6) is -1.17. The van der Waals surface area contributed by atoms with Gasteiger partial charge in [0.25, 0.3) is 11.2 Å². The lowest BCUT2D eigenvalue weighted by atomic mass is 9.95. The van der Waals surface area contributed by atoms with Crippen LogP contribution in [0.1, 0.15) is 34.5 Å². The fraction of sp³-hybridized carbons (Fsp3) is 0.167. The summed E-state index contributed by atoms with van der Waals surface area (Å²) in [6, 6.07) is 11.5. The van der Waals surface area contributed by atoms with Gasteiger partial charge < -0.3 is 9.47 Å². The first-order valence-electron chi connectivity index (χ1n) is 10.3. The molecule has 1 aliphatic heterocycles. The molecule has 0 bridgehead atoms. The topological polar surface area (TPSA) is 130 Å². The summed E-state index contributed by atoms with van der Waals surface area (Å²) >= 11 is 1.06. The number of ether oxygens (including phenoxy) is 2. The fourth-order valence-corrected chi connectivity index (χ4v) is 4.88. The third-order valence-corrected chi connectivity index (χ3v) is 6.48. The first kappa shape index (κ1) is 23.8. The van der Waals surface area contributed by atoms with Gasteiger partial charge >= 0.3 is 11.9 Å². The number of para-hydroxylation sites is 1. The molecule has 4 rings (SSSR count). The van der Waals surface area contributed by atoms with Crippen LogP contribution >= 0.6 is 11.3 Å². The second-order valence-electron chi connectivity index (χ2n) is 7.50. The number of rotatable bonds is 5. The van der Waals surface area contributed by atoms with Crippen molar-refractivity contribution in [2.75, 3.05) is 14.2 Å². The predicted octanol–water partition coefficient (Wildman–Crippen LogP) is 2.10. The zero-order valence-electron chi connectivity index (χ0n) is 18.9. The maximum Gasteiger partial charge on any atom is 0.338 e. The van der Waals surface area contributed by atoms with E-state index in [-0.39, 0.29) is 21.4 Å². The van der Waals surface area contributed by atoms with Crippen molar-refractivity contribution in [1.82, 2.24) is 4.57 Å². The Morgan fingerprint density at radius 2 is 1.74 bits per heavy atom. The molecule has 0 unspecified atom stereocenters. The summed E-state index contributed by atoms with van der Waals surface area (Å²) in [5.41, 5.74) is 1.06. The molecule has 1 aromatic heterocycles. The van der Waals surface area contributed by atoms with E-state index < -0.39 is 28.5 Å². The monoisotopic (exact) mass is 493 g/mol. The van der Waals surface area contributed by atoms with Gasteiger partial charge in [-0.3, -0.25) is 19.5 Å². The van der Waals surface area contributed by atoms with E-state index in [9.17, 15) is 24.5 Å². The van der Waals surface area contributed by atoms with Gasteiger partial charge in [-0.25, -0.2) is 14.6 Å². The first-order chi connectivity index (χ1) is 16.8. The van der Waals surface area contributed by atoms with Crippen molar-refractivity contribution in [3.8, 4) is 0 Å². The number of benzene rings is 2. The number of thiazole rings is 1. The Kier molecular flexibility index (Phi) is 6.43. The molecule has 1 aliphatic rings. The number of esters is 2. The number of hydrogen-bond donors (Lipinski definition) is 0. The highest BCUT2D eigenvalue weighted by Gasteiger charge is 2.33. The molecule has 0 N–H and O–H groups in total. The lowest BCUT2D eigenvalue weighted by Crippen LogP contribution is -2.39. The van der Waals surface area contributed by atoms with Crippen LogP contribution in [0, 0.1) is 10.1 Å². The van der Waals surface area contributed by atoms with Gasteiger partial charge in [0.05, 0.1) is 52.1 Å². The maximum absolute atomic E-state index is 13.5. The molecule has 2 heterocycles. The highest BCUT2D eigenvalue weighted by Crippen LogP contribution is 2.30. The number of nitro benzene ring substituents is 1. The third kappa shape index (κ3) is 4.28. The lowest BCUT2D eigenvalue weighted by molar-refractivity contribution is -0.385. The molecule has 35 heavy (non-hydrogen) atoms. The van der Waals surface area contributed by atoms with E-state index in [2.05, 4.69) is 4.99 Å². The maximum atomic E-state index is 13.5. The second-order valence-corrected chi connectivity index (χ2v) is 8.51. The van der Waals surface area contributed by atoms with Gasteiger partial charge in [-0.15, -0.1) is 0 Å². The third-order valence-electron chi connectivity index (χ3n) is 5.49. The number of carbonyl (C=O) groups excluding carboxylic acids is 2. The quantitative estimate of drug-likeness (QED) is 0.302. The zero-order valence-corrected chi connectivity index (χ0v) is 19.7. The van der Waals surface area contributed by atoms with Crippen LogP contribution in [0.4, 0.5) is 5.69 Å². The van der Waals surface area contributed by atoms with Crippen LogP contribution in [0.15, 0.2) is 69.6 Å². The average Bonchev–Trinajstić information content (AvgIpc) is 3.16. The molecule has 10 nitrogen and oxygen atoms in total. The molecule has 1 atom stereocenters. The molecular weight excluding hydrogens is 474 g/mol. The summed E-state index contributed by atoms with van der Waals surface area (Å²) < 4.78 is 11.3. The number of carbonyl (C=O) groups is 2. The molecule has 2 aromatic carbocycles. The van der Waals surface area contributed by atoms with Gasteiger partial charge in [-0.05, 0) is 36.8 Å². The number of nitrogens with zero attached hydrogens (tertiary/aromatic N) is 3. The summed E-state index contributed by atoms with van der Waals surface area (Å²) in [6.07, 6.45) is 1.44. The van der Waals surface area contributed by atoms with Crippen molar-refractivity contribution in [3.63, 3.8) is 0 Å². The Hall–Kier alpha value is -4.38. The van der Waals surface area contributed by atoms with E-state index in [4.69, 9.17) is 9.47 Å². The van der Waals surface area contributed by atoms with Crippen molar-refractivity contribution in [2.24, 2.45) is 4.99 Å². The molecule has 0 saturated carbocycles. The summed E-state index contributed by atoms with van der Waals surface area (Å²) in [6.45, 7) is 1.64. The van der Waals surface area contributed by atoms with Crippen LogP contribution in [0.2, 0.25) is 0 Å². The first-order valence-corrected chi connectivity index (χ1v) is 11.1. The van der Waals surface area contributed by atoms with E-state index in [0.29, 0.717) is 21.6 Å². The molecule has 0 amide bonds. The van der Waals surface area contributed by atoms with Crippen molar-refractivity contribution in [3.05, 3.63) is 106 Å². The standard InChI is InChI=1S/C24H19N3O7S/c1-13-19(23(30)34-3)20(14-8-10-15(11-9-14)22(29)33-2)26-21(28)18(35-24(26)25-13)12-16-6-4-5-7-17(16)27(31)32/h4-12,20H,1-3H3/b18-12+/t20-/m1/s1. The highest BCUT2D eigenvalue weighted by molar-refractivity contribution is 7.07. The number of methoxy groups -OCH3 is 2. The van der Waals surface area contributed by atoms with Gasteiger partial charge in [0.15, 0.2) is 4.80 Å².